The zero-order valence-electron chi connectivity index (χ0n) is 11.3. The van der Waals surface area contributed by atoms with Gasteiger partial charge in [-0.1, -0.05) is 79.2 Å². The smallest absolute Gasteiger partial charge is 0.142 e. The molecule has 0 aliphatic carbocycles. The van der Waals surface area contributed by atoms with Crippen molar-refractivity contribution in [3.63, 3.8) is 0 Å². The first-order valence-electron chi connectivity index (χ1n) is 6.68. The fraction of sp³-hybridized carbons (Fsp3) is 0.235. The Morgan fingerprint density at radius 1 is 0.947 bits per heavy atom. The quantitative estimate of drug-likeness (QED) is 0.552. The van der Waals surface area contributed by atoms with Crippen LogP contribution in [-0.2, 0) is 11.4 Å². The van der Waals surface area contributed by atoms with Crippen LogP contribution >= 0.6 is 0 Å². The van der Waals surface area contributed by atoms with E-state index in [1.807, 2.05) is 48.5 Å². The van der Waals surface area contributed by atoms with Gasteiger partial charge in [0.25, 0.3) is 0 Å². The van der Waals surface area contributed by atoms with Gasteiger partial charge >= 0.3 is 0 Å². The zero-order valence-corrected chi connectivity index (χ0v) is 11.3. The molecule has 0 amide bonds. The highest BCUT2D eigenvalue weighted by molar-refractivity contribution is 6.00. The summed E-state index contributed by atoms with van der Waals surface area (Å²) in [6.45, 7) is 2.66. The number of nitrogens with zero attached hydrogens (tertiary/aromatic N) is 1. The highest BCUT2D eigenvalue weighted by Gasteiger charge is 2.02. The average molecular weight is 253 g/mol. The van der Waals surface area contributed by atoms with E-state index in [1.54, 1.807) is 0 Å². The highest BCUT2D eigenvalue weighted by Crippen LogP contribution is 2.08. The molecule has 0 spiro atoms. The van der Waals surface area contributed by atoms with Crippen LogP contribution in [-0.4, -0.2) is 5.71 Å². The molecule has 0 saturated heterocycles. The van der Waals surface area contributed by atoms with Crippen LogP contribution in [0.5, 0.6) is 0 Å². The number of hydrogen-bond acceptors (Lipinski definition) is 2. The molecule has 0 unspecified atom stereocenters. The third-order valence-electron chi connectivity index (χ3n) is 2.84. The van der Waals surface area contributed by atoms with Gasteiger partial charge in [-0.15, -0.1) is 0 Å². The van der Waals surface area contributed by atoms with Crippen molar-refractivity contribution in [2.24, 2.45) is 5.16 Å². The summed E-state index contributed by atoms with van der Waals surface area (Å²) in [7, 11) is 0. The molecule has 2 aromatic carbocycles. The van der Waals surface area contributed by atoms with Crippen LogP contribution in [0.1, 0.15) is 30.9 Å². The van der Waals surface area contributed by atoms with Crippen LogP contribution in [0, 0.1) is 0 Å². The minimum Gasteiger partial charge on any atom is -0.391 e. The summed E-state index contributed by atoms with van der Waals surface area (Å²) in [5.74, 6) is 0. The second-order valence-corrected chi connectivity index (χ2v) is 4.41. The molecule has 2 aromatic rings. The maximum absolute atomic E-state index is 5.48. The maximum atomic E-state index is 5.48. The Balaban J connectivity index is 2.01. The zero-order chi connectivity index (χ0) is 13.3. The van der Waals surface area contributed by atoms with Crippen LogP contribution < -0.4 is 0 Å². The first-order chi connectivity index (χ1) is 9.40. The summed E-state index contributed by atoms with van der Waals surface area (Å²) in [6, 6.07) is 20.3. The van der Waals surface area contributed by atoms with Crippen LogP contribution in [0.2, 0.25) is 0 Å². The molecule has 2 rings (SSSR count). The van der Waals surface area contributed by atoms with Crippen molar-refractivity contribution >= 4 is 5.71 Å². The summed E-state index contributed by atoms with van der Waals surface area (Å²) in [5, 5.41) is 4.30. The second kappa shape index (κ2) is 7.37. The lowest BCUT2D eigenvalue weighted by atomic mass is 10.1. The second-order valence-electron chi connectivity index (χ2n) is 4.41. The third-order valence-corrected chi connectivity index (χ3v) is 2.84. The SMILES string of the molecule is CCC/C(=N\OCc1ccccc1)c1ccccc1. The molecule has 19 heavy (non-hydrogen) atoms. The molecule has 0 heterocycles. The van der Waals surface area contributed by atoms with Gasteiger partial charge in [-0.25, -0.2) is 0 Å². The largest absolute Gasteiger partial charge is 0.391 e. The Morgan fingerprint density at radius 2 is 1.58 bits per heavy atom. The van der Waals surface area contributed by atoms with E-state index in [2.05, 4.69) is 24.2 Å². The van der Waals surface area contributed by atoms with E-state index in [4.69, 9.17) is 4.84 Å². The summed E-state index contributed by atoms with van der Waals surface area (Å²) >= 11 is 0. The number of benzene rings is 2. The van der Waals surface area contributed by atoms with E-state index in [1.165, 1.54) is 0 Å². The summed E-state index contributed by atoms with van der Waals surface area (Å²) in [4.78, 5) is 5.48. The van der Waals surface area contributed by atoms with Gasteiger partial charge in [-0.2, -0.15) is 0 Å². The Morgan fingerprint density at radius 3 is 2.21 bits per heavy atom. The van der Waals surface area contributed by atoms with Crippen LogP contribution in [0.25, 0.3) is 0 Å². The van der Waals surface area contributed by atoms with Crippen molar-refractivity contribution < 1.29 is 4.84 Å². The normalized spacial score (nSPS) is 11.3. The molecule has 2 heteroatoms. The molecule has 0 radical (unpaired) electrons. The van der Waals surface area contributed by atoms with Crippen molar-refractivity contribution in [1.82, 2.24) is 0 Å². The monoisotopic (exact) mass is 253 g/mol. The lowest BCUT2D eigenvalue weighted by Gasteiger charge is -2.06. The fourth-order valence-corrected chi connectivity index (χ4v) is 1.87. The van der Waals surface area contributed by atoms with Gasteiger partial charge in [0.2, 0.25) is 0 Å². The van der Waals surface area contributed by atoms with Gasteiger partial charge in [0, 0.05) is 0 Å². The Labute approximate surface area is 114 Å². The van der Waals surface area contributed by atoms with Crippen LogP contribution in [0.15, 0.2) is 65.8 Å². The molecule has 0 saturated carbocycles. The number of rotatable bonds is 6. The van der Waals surface area contributed by atoms with E-state index in [0.717, 1.165) is 29.7 Å². The van der Waals surface area contributed by atoms with Gasteiger partial charge < -0.3 is 4.84 Å². The maximum Gasteiger partial charge on any atom is 0.142 e. The molecular weight excluding hydrogens is 234 g/mol. The molecule has 0 bridgehead atoms. The fourth-order valence-electron chi connectivity index (χ4n) is 1.87. The van der Waals surface area contributed by atoms with Crippen LogP contribution in [0.4, 0.5) is 0 Å². The lowest BCUT2D eigenvalue weighted by Crippen LogP contribution is -2.01. The van der Waals surface area contributed by atoms with E-state index >= 15 is 0 Å². The van der Waals surface area contributed by atoms with Crippen LogP contribution in [0.3, 0.4) is 0 Å². The summed E-state index contributed by atoms with van der Waals surface area (Å²) in [5.41, 5.74) is 3.28. The topological polar surface area (TPSA) is 21.6 Å². The standard InChI is InChI=1S/C17H19NO/c1-2-9-17(16-12-7-4-8-13-16)18-19-14-15-10-5-3-6-11-15/h3-8,10-13H,2,9,14H2,1H3/b18-17+. The Bertz CT molecular complexity index is 505. The molecular formula is C17H19NO. The Hall–Kier alpha value is -2.09. The first kappa shape index (κ1) is 13.3. The van der Waals surface area contributed by atoms with Crippen molar-refractivity contribution in [3.8, 4) is 0 Å². The molecule has 0 aliphatic heterocycles. The van der Waals surface area contributed by atoms with Crippen molar-refractivity contribution in [2.45, 2.75) is 26.4 Å². The van der Waals surface area contributed by atoms with Gasteiger partial charge in [-0.3, -0.25) is 0 Å². The number of oxime groups is 1. The highest BCUT2D eigenvalue weighted by atomic mass is 16.6. The van der Waals surface area contributed by atoms with Gasteiger partial charge in [0.15, 0.2) is 0 Å². The molecule has 0 N–H and O–H groups in total. The van der Waals surface area contributed by atoms with Crippen molar-refractivity contribution in [2.75, 3.05) is 0 Å². The molecule has 0 aromatic heterocycles. The Kier molecular flexibility index (Phi) is 5.17. The minimum absolute atomic E-state index is 0.515. The van der Waals surface area contributed by atoms with Gasteiger partial charge in [0.05, 0.1) is 5.71 Å². The molecule has 0 fully saturated rings. The van der Waals surface area contributed by atoms with E-state index in [-0.39, 0.29) is 0 Å². The van der Waals surface area contributed by atoms with Gasteiger partial charge in [-0.05, 0) is 17.5 Å². The lowest BCUT2D eigenvalue weighted by molar-refractivity contribution is 0.130. The summed E-state index contributed by atoms with van der Waals surface area (Å²) < 4.78 is 0. The first-order valence-corrected chi connectivity index (χ1v) is 6.68. The predicted molar refractivity (Wildman–Crippen MR) is 79.1 cm³/mol. The average Bonchev–Trinajstić information content (AvgIpc) is 2.48. The molecule has 0 atom stereocenters. The predicted octanol–water partition coefficient (Wildman–Crippen LogP) is 4.41. The molecule has 98 valence electrons. The molecule has 0 aliphatic rings. The number of hydrogen-bond donors (Lipinski definition) is 0. The molecule has 2 nitrogen and oxygen atoms in total. The minimum atomic E-state index is 0.515. The van der Waals surface area contributed by atoms with Crippen molar-refractivity contribution in [3.05, 3.63) is 71.8 Å². The summed E-state index contributed by atoms with van der Waals surface area (Å²) in [6.07, 6.45) is 1.99. The van der Waals surface area contributed by atoms with Gasteiger partial charge in [0.1, 0.15) is 6.61 Å². The van der Waals surface area contributed by atoms with E-state index in [0.29, 0.717) is 6.61 Å². The van der Waals surface area contributed by atoms with E-state index < -0.39 is 0 Å². The third kappa shape index (κ3) is 4.25. The van der Waals surface area contributed by atoms with Crippen molar-refractivity contribution in [1.29, 1.82) is 0 Å². The van der Waals surface area contributed by atoms with E-state index in [9.17, 15) is 0 Å².